The lowest BCUT2D eigenvalue weighted by Gasteiger charge is -2.16. The topological polar surface area (TPSA) is 59.6 Å². The van der Waals surface area contributed by atoms with E-state index in [0.717, 1.165) is 29.8 Å². The van der Waals surface area contributed by atoms with Crippen molar-refractivity contribution in [2.75, 3.05) is 13.1 Å². The van der Waals surface area contributed by atoms with Gasteiger partial charge in [0, 0.05) is 35.4 Å². The van der Waals surface area contributed by atoms with Gasteiger partial charge in [0.25, 0.3) is 5.56 Å². The Hall–Kier alpha value is -2.67. The molecule has 0 N–H and O–H groups in total. The summed E-state index contributed by atoms with van der Waals surface area (Å²) < 4.78 is 16.7. The van der Waals surface area contributed by atoms with Gasteiger partial charge in [-0.05, 0) is 43.9 Å². The summed E-state index contributed by atoms with van der Waals surface area (Å²) in [6.07, 6.45) is 4.91. The molecule has 1 aliphatic heterocycles. The van der Waals surface area contributed by atoms with Crippen LogP contribution in [0.25, 0.3) is 16.8 Å². The van der Waals surface area contributed by atoms with Gasteiger partial charge in [0.2, 0.25) is 5.91 Å². The number of rotatable bonds is 4. The zero-order valence-corrected chi connectivity index (χ0v) is 17.4. The predicted octanol–water partition coefficient (Wildman–Crippen LogP) is 3.57. The van der Waals surface area contributed by atoms with Crippen molar-refractivity contribution in [1.82, 2.24) is 18.9 Å². The van der Waals surface area contributed by atoms with Crippen LogP contribution in [0, 0.1) is 6.92 Å². The first-order valence-electron chi connectivity index (χ1n) is 10.2. The SMILES string of the molecule is Cc1cc(-c2nc(C3CC3)n3ccn(CC(=O)N4CCC(F)C4)c(=O)c23)ccc1Cl. The zero-order valence-electron chi connectivity index (χ0n) is 16.6. The van der Waals surface area contributed by atoms with Crippen molar-refractivity contribution in [3.63, 3.8) is 0 Å². The highest BCUT2D eigenvalue weighted by Crippen LogP contribution is 2.41. The van der Waals surface area contributed by atoms with Gasteiger partial charge in [-0.25, -0.2) is 9.37 Å². The summed E-state index contributed by atoms with van der Waals surface area (Å²) in [4.78, 5) is 32.3. The van der Waals surface area contributed by atoms with Gasteiger partial charge in [0.1, 0.15) is 29.8 Å². The molecular formula is C22H22ClFN4O2. The van der Waals surface area contributed by atoms with E-state index in [1.807, 2.05) is 23.5 Å². The monoisotopic (exact) mass is 428 g/mol. The van der Waals surface area contributed by atoms with E-state index >= 15 is 0 Å². The molecule has 2 aromatic heterocycles. The second-order valence-corrected chi connectivity index (χ2v) is 8.64. The molecule has 1 saturated heterocycles. The van der Waals surface area contributed by atoms with Gasteiger partial charge in [0.15, 0.2) is 0 Å². The Kier molecular flexibility index (Phi) is 4.65. The van der Waals surface area contributed by atoms with Crippen molar-refractivity contribution in [2.24, 2.45) is 0 Å². The number of halogens is 2. The summed E-state index contributed by atoms with van der Waals surface area (Å²) in [5.74, 6) is 0.984. The zero-order chi connectivity index (χ0) is 21.0. The van der Waals surface area contributed by atoms with Gasteiger partial charge in [-0.1, -0.05) is 17.7 Å². The second kappa shape index (κ2) is 7.23. The Morgan fingerprint density at radius 2 is 2.07 bits per heavy atom. The molecule has 1 aliphatic carbocycles. The van der Waals surface area contributed by atoms with Crippen molar-refractivity contribution >= 4 is 23.0 Å². The number of hydrogen-bond acceptors (Lipinski definition) is 3. The molecule has 30 heavy (non-hydrogen) atoms. The molecule has 8 heteroatoms. The number of alkyl halides is 1. The molecule has 1 amide bonds. The molecule has 0 spiro atoms. The maximum Gasteiger partial charge on any atom is 0.277 e. The van der Waals surface area contributed by atoms with Gasteiger partial charge in [-0.15, -0.1) is 0 Å². The van der Waals surface area contributed by atoms with Crippen molar-refractivity contribution in [3.8, 4) is 11.3 Å². The first-order valence-corrected chi connectivity index (χ1v) is 10.6. The first kappa shape index (κ1) is 19.3. The number of carbonyl (C=O) groups excluding carboxylic acids is 1. The molecule has 2 fully saturated rings. The van der Waals surface area contributed by atoms with E-state index in [0.29, 0.717) is 35.1 Å². The van der Waals surface area contributed by atoms with Crippen LogP contribution in [0.5, 0.6) is 0 Å². The van der Waals surface area contributed by atoms with Gasteiger partial charge in [-0.3, -0.25) is 14.0 Å². The summed E-state index contributed by atoms with van der Waals surface area (Å²) in [5.41, 5.74) is 2.52. The van der Waals surface area contributed by atoms with Gasteiger partial charge in [-0.2, -0.15) is 0 Å². The van der Waals surface area contributed by atoms with Gasteiger partial charge < -0.3 is 9.47 Å². The molecule has 3 heterocycles. The van der Waals surface area contributed by atoms with Crippen molar-refractivity contribution in [2.45, 2.75) is 44.8 Å². The van der Waals surface area contributed by atoms with Gasteiger partial charge >= 0.3 is 0 Å². The number of imidazole rings is 1. The Balaban J connectivity index is 1.60. The van der Waals surface area contributed by atoms with Crippen LogP contribution in [-0.4, -0.2) is 44.0 Å². The Morgan fingerprint density at radius 1 is 1.27 bits per heavy atom. The van der Waals surface area contributed by atoms with E-state index in [9.17, 15) is 14.0 Å². The van der Waals surface area contributed by atoms with Crippen LogP contribution >= 0.6 is 11.6 Å². The Bertz CT molecular complexity index is 1210. The molecule has 1 aromatic carbocycles. The number of nitrogens with zero attached hydrogens (tertiary/aromatic N) is 4. The van der Waals surface area contributed by atoms with Crippen LogP contribution in [0.3, 0.4) is 0 Å². The third kappa shape index (κ3) is 3.31. The summed E-state index contributed by atoms with van der Waals surface area (Å²) in [5, 5.41) is 0.657. The third-order valence-corrected chi connectivity index (χ3v) is 6.38. The molecule has 156 valence electrons. The van der Waals surface area contributed by atoms with Crippen molar-refractivity contribution in [3.05, 3.63) is 57.4 Å². The number of aryl methyl sites for hydroxylation is 1. The average Bonchev–Trinajstić information content (AvgIpc) is 3.35. The summed E-state index contributed by atoms with van der Waals surface area (Å²) >= 11 is 6.18. The normalized spacial score (nSPS) is 19.0. The lowest BCUT2D eigenvalue weighted by Crippen LogP contribution is -2.35. The van der Waals surface area contributed by atoms with E-state index in [-0.39, 0.29) is 24.6 Å². The average molecular weight is 429 g/mol. The highest BCUT2D eigenvalue weighted by atomic mass is 35.5. The van der Waals surface area contributed by atoms with Crippen LogP contribution < -0.4 is 5.56 Å². The van der Waals surface area contributed by atoms with Crippen LogP contribution in [-0.2, 0) is 11.3 Å². The smallest absolute Gasteiger partial charge is 0.277 e. The molecule has 0 bridgehead atoms. The van der Waals surface area contributed by atoms with E-state index in [4.69, 9.17) is 16.6 Å². The molecule has 2 aliphatic rings. The van der Waals surface area contributed by atoms with Crippen molar-refractivity contribution < 1.29 is 9.18 Å². The standard InChI is InChI=1S/C22H22ClFN4O2/c1-13-10-15(4-5-17(13)23)19-20-22(30)27(12-18(29)26-7-6-16(24)11-26)8-9-28(20)21(25-19)14-2-3-14/h4-5,8-10,14,16H,2-3,6-7,11-12H2,1H3. The maximum atomic E-state index is 13.5. The number of benzene rings is 1. The minimum atomic E-state index is -0.983. The lowest BCUT2D eigenvalue weighted by atomic mass is 10.1. The second-order valence-electron chi connectivity index (χ2n) is 8.23. The summed E-state index contributed by atoms with van der Waals surface area (Å²) in [7, 11) is 0. The minimum absolute atomic E-state index is 0.101. The number of aromatic nitrogens is 3. The molecule has 1 unspecified atom stereocenters. The molecule has 5 rings (SSSR count). The van der Waals surface area contributed by atoms with Crippen LogP contribution in [0.4, 0.5) is 4.39 Å². The summed E-state index contributed by atoms with van der Waals surface area (Å²) in [6, 6.07) is 5.59. The fourth-order valence-corrected chi connectivity index (χ4v) is 4.21. The van der Waals surface area contributed by atoms with Crippen molar-refractivity contribution in [1.29, 1.82) is 0 Å². The molecule has 6 nitrogen and oxygen atoms in total. The fourth-order valence-electron chi connectivity index (χ4n) is 4.09. The van der Waals surface area contributed by atoms with E-state index in [1.165, 1.54) is 9.47 Å². The highest BCUT2D eigenvalue weighted by Gasteiger charge is 2.31. The molecule has 3 aromatic rings. The largest absolute Gasteiger partial charge is 0.338 e. The van der Waals surface area contributed by atoms with Gasteiger partial charge in [0.05, 0.1) is 6.54 Å². The van der Waals surface area contributed by atoms with Crippen LogP contribution in [0.15, 0.2) is 35.4 Å². The predicted molar refractivity (Wildman–Crippen MR) is 113 cm³/mol. The fraction of sp³-hybridized carbons (Fsp3) is 0.409. The minimum Gasteiger partial charge on any atom is -0.338 e. The number of carbonyl (C=O) groups is 1. The first-order chi connectivity index (χ1) is 14.4. The number of amides is 1. The quantitative estimate of drug-likeness (QED) is 0.638. The molecular weight excluding hydrogens is 407 g/mol. The maximum absolute atomic E-state index is 13.5. The summed E-state index contributed by atoms with van der Waals surface area (Å²) in [6.45, 7) is 2.30. The highest BCUT2D eigenvalue weighted by molar-refractivity contribution is 6.31. The Labute approximate surface area is 177 Å². The van der Waals surface area contributed by atoms with Crippen LogP contribution in [0.2, 0.25) is 5.02 Å². The number of fused-ring (bicyclic) bond motifs is 1. The Morgan fingerprint density at radius 3 is 2.73 bits per heavy atom. The van der Waals surface area contributed by atoms with E-state index in [2.05, 4.69) is 0 Å². The van der Waals surface area contributed by atoms with E-state index in [1.54, 1.807) is 18.5 Å². The molecule has 1 saturated carbocycles. The van der Waals surface area contributed by atoms with E-state index < -0.39 is 6.17 Å². The number of likely N-dealkylation sites (tertiary alicyclic amines) is 1. The lowest BCUT2D eigenvalue weighted by molar-refractivity contribution is -0.131. The molecule has 1 atom stereocenters. The number of hydrogen-bond donors (Lipinski definition) is 0. The molecule has 0 radical (unpaired) electrons. The third-order valence-electron chi connectivity index (χ3n) is 5.96. The van der Waals surface area contributed by atoms with Crippen LogP contribution in [0.1, 0.15) is 36.6 Å².